The maximum atomic E-state index is 11.2. The van der Waals surface area contributed by atoms with Gasteiger partial charge in [-0.3, -0.25) is 4.79 Å². The largest absolute Gasteiger partial charge is 0.465 e. The lowest BCUT2D eigenvalue weighted by Gasteiger charge is -2.13. The van der Waals surface area contributed by atoms with Crippen molar-refractivity contribution in [3.63, 3.8) is 0 Å². The number of carbonyl (C=O) groups excluding carboxylic acids is 1. The minimum absolute atomic E-state index is 0.00480. The summed E-state index contributed by atoms with van der Waals surface area (Å²) in [5.74, 6) is 0.239. The highest BCUT2D eigenvalue weighted by Gasteiger charge is 2.17. The predicted molar refractivity (Wildman–Crippen MR) is 49.8 cm³/mol. The van der Waals surface area contributed by atoms with Gasteiger partial charge in [0.25, 0.3) is 0 Å². The molecule has 0 spiro atoms. The summed E-state index contributed by atoms with van der Waals surface area (Å²) in [7, 11) is 0. The number of hydrogen-bond donors (Lipinski definition) is 0. The third kappa shape index (κ3) is 4.16. The Kier molecular flexibility index (Phi) is 5.43. The summed E-state index contributed by atoms with van der Waals surface area (Å²) in [5.41, 5.74) is 0. The van der Waals surface area contributed by atoms with Crippen molar-refractivity contribution in [2.45, 2.75) is 27.2 Å². The topological polar surface area (TPSA) is 26.3 Å². The van der Waals surface area contributed by atoms with Crippen molar-refractivity contribution in [3.8, 4) is 0 Å². The Hall–Kier alpha value is -0.790. The summed E-state index contributed by atoms with van der Waals surface area (Å²) in [4.78, 5) is 11.2. The van der Waals surface area contributed by atoms with E-state index in [1.807, 2.05) is 20.8 Å². The summed E-state index contributed by atoms with van der Waals surface area (Å²) in [6, 6.07) is 0. The molecule has 0 aromatic carbocycles. The van der Waals surface area contributed by atoms with Gasteiger partial charge in [0, 0.05) is 0 Å². The van der Waals surface area contributed by atoms with E-state index in [-0.39, 0.29) is 11.9 Å². The number of carbonyl (C=O) groups is 1. The monoisotopic (exact) mass is 170 g/mol. The van der Waals surface area contributed by atoms with Crippen LogP contribution >= 0.6 is 0 Å². The smallest absolute Gasteiger partial charge is 0.308 e. The van der Waals surface area contributed by atoms with Crippen molar-refractivity contribution < 1.29 is 9.53 Å². The first-order chi connectivity index (χ1) is 5.59. The van der Waals surface area contributed by atoms with Gasteiger partial charge < -0.3 is 4.74 Å². The number of esters is 1. The molecule has 2 nitrogen and oxygen atoms in total. The lowest BCUT2D eigenvalue weighted by Crippen LogP contribution is -2.19. The van der Waals surface area contributed by atoms with Crippen LogP contribution in [0.1, 0.15) is 27.2 Å². The molecule has 0 amide bonds. The zero-order chi connectivity index (χ0) is 9.56. The van der Waals surface area contributed by atoms with E-state index in [0.717, 1.165) is 6.42 Å². The van der Waals surface area contributed by atoms with Gasteiger partial charge in [-0.05, 0) is 12.3 Å². The van der Waals surface area contributed by atoms with Crippen LogP contribution in [0.2, 0.25) is 0 Å². The number of rotatable bonds is 5. The molecule has 0 N–H and O–H groups in total. The third-order valence-electron chi connectivity index (χ3n) is 1.94. The third-order valence-corrected chi connectivity index (χ3v) is 1.94. The molecular weight excluding hydrogens is 152 g/mol. The molecule has 2 heteroatoms. The van der Waals surface area contributed by atoms with Gasteiger partial charge in [-0.2, -0.15) is 0 Å². The standard InChI is InChI=1S/C10H18O2/c1-5-6-7-12-10(11)9(4)8(2)3/h5,8-9H,1,6-7H2,2-4H3. The summed E-state index contributed by atoms with van der Waals surface area (Å²) < 4.78 is 5.00. The van der Waals surface area contributed by atoms with E-state index >= 15 is 0 Å². The molecule has 0 heterocycles. The van der Waals surface area contributed by atoms with Gasteiger partial charge in [0.15, 0.2) is 0 Å². The molecule has 0 aromatic heterocycles. The lowest BCUT2D eigenvalue weighted by atomic mass is 9.99. The fourth-order valence-electron chi connectivity index (χ4n) is 0.646. The van der Waals surface area contributed by atoms with Crippen molar-refractivity contribution in [3.05, 3.63) is 12.7 Å². The average molecular weight is 170 g/mol. The molecule has 0 fully saturated rings. The molecule has 1 unspecified atom stereocenters. The zero-order valence-electron chi connectivity index (χ0n) is 8.17. The molecule has 0 rings (SSSR count). The van der Waals surface area contributed by atoms with Crippen molar-refractivity contribution in [2.75, 3.05) is 6.61 Å². The SMILES string of the molecule is C=CCCOC(=O)C(C)C(C)C. The fourth-order valence-corrected chi connectivity index (χ4v) is 0.646. The van der Waals surface area contributed by atoms with E-state index in [1.165, 1.54) is 0 Å². The molecule has 1 atom stereocenters. The van der Waals surface area contributed by atoms with Gasteiger partial charge in [-0.25, -0.2) is 0 Å². The van der Waals surface area contributed by atoms with Crippen LogP contribution < -0.4 is 0 Å². The van der Waals surface area contributed by atoms with E-state index in [0.29, 0.717) is 12.5 Å². The summed E-state index contributed by atoms with van der Waals surface area (Å²) in [6.45, 7) is 9.92. The van der Waals surface area contributed by atoms with Crippen LogP contribution in [-0.2, 0) is 9.53 Å². The molecule has 0 aromatic rings. The van der Waals surface area contributed by atoms with Gasteiger partial charge >= 0.3 is 5.97 Å². The van der Waals surface area contributed by atoms with Gasteiger partial charge in [0.2, 0.25) is 0 Å². The molecule has 0 bridgehead atoms. The van der Waals surface area contributed by atoms with Crippen LogP contribution in [0.25, 0.3) is 0 Å². The predicted octanol–water partition coefficient (Wildman–Crippen LogP) is 2.40. The van der Waals surface area contributed by atoms with Crippen LogP contribution in [-0.4, -0.2) is 12.6 Å². The van der Waals surface area contributed by atoms with Crippen molar-refractivity contribution in [2.24, 2.45) is 11.8 Å². The van der Waals surface area contributed by atoms with Crippen LogP contribution in [0, 0.1) is 11.8 Å². The minimum Gasteiger partial charge on any atom is -0.465 e. The Morgan fingerprint density at radius 1 is 1.50 bits per heavy atom. The zero-order valence-corrected chi connectivity index (χ0v) is 8.17. The quantitative estimate of drug-likeness (QED) is 0.360. The van der Waals surface area contributed by atoms with E-state index in [9.17, 15) is 4.79 Å². The van der Waals surface area contributed by atoms with Gasteiger partial charge in [0.1, 0.15) is 0 Å². The number of hydrogen-bond acceptors (Lipinski definition) is 2. The van der Waals surface area contributed by atoms with E-state index < -0.39 is 0 Å². The second-order valence-corrected chi connectivity index (χ2v) is 3.28. The van der Waals surface area contributed by atoms with Crippen LogP contribution in [0.4, 0.5) is 0 Å². The lowest BCUT2D eigenvalue weighted by molar-refractivity contribution is -0.149. The maximum absolute atomic E-state index is 11.2. The Bertz CT molecular complexity index is 150. The molecule has 0 saturated heterocycles. The Labute approximate surface area is 74.6 Å². The summed E-state index contributed by atoms with van der Waals surface area (Å²) in [6.07, 6.45) is 2.48. The maximum Gasteiger partial charge on any atom is 0.308 e. The van der Waals surface area contributed by atoms with Gasteiger partial charge in [0.05, 0.1) is 12.5 Å². The molecule has 0 saturated carbocycles. The summed E-state index contributed by atoms with van der Waals surface area (Å²) in [5, 5.41) is 0. The highest BCUT2D eigenvalue weighted by molar-refractivity contribution is 5.72. The first-order valence-electron chi connectivity index (χ1n) is 4.37. The molecule has 0 aliphatic heterocycles. The Morgan fingerprint density at radius 2 is 2.08 bits per heavy atom. The molecule has 0 radical (unpaired) electrons. The highest BCUT2D eigenvalue weighted by Crippen LogP contribution is 2.11. The molecule has 0 aliphatic rings. The van der Waals surface area contributed by atoms with E-state index in [4.69, 9.17) is 4.74 Å². The van der Waals surface area contributed by atoms with Crippen molar-refractivity contribution in [1.29, 1.82) is 0 Å². The average Bonchev–Trinajstić information content (AvgIpc) is 2.03. The highest BCUT2D eigenvalue weighted by atomic mass is 16.5. The second-order valence-electron chi connectivity index (χ2n) is 3.28. The van der Waals surface area contributed by atoms with Gasteiger partial charge in [-0.15, -0.1) is 6.58 Å². The summed E-state index contributed by atoms with van der Waals surface area (Å²) >= 11 is 0. The minimum atomic E-state index is -0.105. The van der Waals surface area contributed by atoms with Crippen LogP contribution in [0.3, 0.4) is 0 Å². The Balaban J connectivity index is 3.64. The molecule has 0 aliphatic carbocycles. The van der Waals surface area contributed by atoms with Crippen LogP contribution in [0.5, 0.6) is 0 Å². The second kappa shape index (κ2) is 5.81. The molecule has 70 valence electrons. The molecular formula is C10H18O2. The van der Waals surface area contributed by atoms with Gasteiger partial charge in [-0.1, -0.05) is 26.8 Å². The Morgan fingerprint density at radius 3 is 2.50 bits per heavy atom. The fraction of sp³-hybridized carbons (Fsp3) is 0.700. The van der Waals surface area contributed by atoms with Crippen LogP contribution in [0.15, 0.2) is 12.7 Å². The van der Waals surface area contributed by atoms with Crippen molar-refractivity contribution >= 4 is 5.97 Å². The number of ether oxygens (including phenoxy) is 1. The normalized spacial score (nSPS) is 12.7. The van der Waals surface area contributed by atoms with E-state index in [2.05, 4.69) is 6.58 Å². The van der Waals surface area contributed by atoms with E-state index in [1.54, 1.807) is 6.08 Å². The first kappa shape index (κ1) is 11.2. The first-order valence-corrected chi connectivity index (χ1v) is 4.37. The molecule has 12 heavy (non-hydrogen) atoms. The van der Waals surface area contributed by atoms with Crippen molar-refractivity contribution in [1.82, 2.24) is 0 Å².